The van der Waals surface area contributed by atoms with E-state index in [1.165, 1.54) is 7.11 Å². The number of hydrogen-bond donors (Lipinski definition) is 3. The van der Waals surface area contributed by atoms with Crippen LogP contribution >= 0.6 is 0 Å². The van der Waals surface area contributed by atoms with Gasteiger partial charge in [-0.05, 0) is 12.1 Å². The van der Waals surface area contributed by atoms with Gasteiger partial charge < -0.3 is 15.6 Å². The largest absolute Gasteiger partial charge is 0.497 e. The number of nitrogen functional groups attached to an aromatic ring is 1. The Labute approximate surface area is 101 Å². The third-order valence-corrected chi connectivity index (χ3v) is 2.44. The number of hydrogen-bond acceptors (Lipinski definition) is 4. The first-order valence-corrected chi connectivity index (χ1v) is 5.03. The molecule has 0 bridgehead atoms. The summed E-state index contributed by atoms with van der Waals surface area (Å²) in [5.41, 5.74) is 4.92. The van der Waals surface area contributed by atoms with Crippen molar-refractivity contribution in [3.63, 3.8) is 0 Å². The van der Waals surface area contributed by atoms with Crippen LogP contribution < -0.4 is 16.2 Å². The van der Waals surface area contributed by atoms with Crippen LogP contribution in [0.5, 0.6) is 5.75 Å². The number of aromatic carboxylic acids is 1. The Morgan fingerprint density at radius 3 is 2.83 bits per heavy atom. The van der Waals surface area contributed by atoms with Gasteiger partial charge in [0.1, 0.15) is 11.6 Å². The maximum absolute atomic E-state index is 11.7. The third-order valence-electron chi connectivity index (χ3n) is 2.44. The number of ether oxygens (including phenoxy) is 1. The molecule has 0 saturated heterocycles. The Hall–Kier alpha value is -2.70. The molecule has 94 valence electrons. The number of nitrogens with zero attached hydrogens (tertiary/aromatic N) is 1. The van der Waals surface area contributed by atoms with Gasteiger partial charge in [0.2, 0.25) is 0 Å². The van der Waals surface area contributed by atoms with Crippen LogP contribution in [0.2, 0.25) is 0 Å². The van der Waals surface area contributed by atoms with Crippen molar-refractivity contribution in [3.8, 4) is 11.4 Å². The molecule has 1 heterocycles. The zero-order chi connectivity index (χ0) is 13.3. The molecule has 0 aliphatic heterocycles. The van der Waals surface area contributed by atoms with Crippen LogP contribution in [0, 0.1) is 0 Å². The number of imidazole rings is 1. The number of H-pyrrole nitrogens is 1. The van der Waals surface area contributed by atoms with Crippen molar-refractivity contribution >= 4 is 11.8 Å². The third kappa shape index (κ3) is 1.81. The highest BCUT2D eigenvalue weighted by Crippen LogP contribution is 2.18. The number of aromatic nitrogens is 2. The van der Waals surface area contributed by atoms with E-state index < -0.39 is 11.7 Å². The number of carboxylic acid groups (broad SMARTS) is 1. The SMILES string of the molecule is COc1cccc(-n2c(C(=O)O)c(N)[nH]c2=O)c1. The molecule has 1 aromatic heterocycles. The van der Waals surface area contributed by atoms with Crippen LogP contribution in [0.4, 0.5) is 5.82 Å². The molecular formula is C11H11N3O4. The average molecular weight is 249 g/mol. The van der Waals surface area contributed by atoms with E-state index in [0.29, 0.717) is 11.4 Å². The smallest absolute Gasteiger partial charge is 0.356 e. The lowest BCUT2D eigenvalue weighted by Crippen LogP contribution is -2.19. The molecule has 0 atom stereocenters. The molecule has 0 aliphatic rings. The summed E-state index contributed by atoms with van der Waals surface area (Å²) in [6.07, 6.45) is 0. The minimum Gasteiger partial charge on any atom is -0.497 e. The Bertz CT molecular complexity index is 657. The quantitative estimate of drug-likeness (QED) is 0.731. The molecule has 0 unspecified atom stereocenters. The molecule has 1 aromatic carbocycles. The Morgan fingerprint density at radius 2 is 2.22 bits per heavy atom. The number of benzene rings is 1. The first-order valence-electron chi connectivity index (χ1n) is 5.03. The van der Waals surface area contributed by atoms with Crippen molar-refractivity contribution in [1.82, 2.24) is 9.55 Å². The number of rotatable bonds is 3. The van der Waals surface area contributed by atoms with Crippen LogP contribution in [-0.4, -0.2) is 27.7 Å². The van der Waals surface area contributed by atoms with Gasteiger partial charge in [-0.3, -0.25) is 9.55 Å². The topological polar surface area (TPSA) is 110 Å². The second kappa shape index (κ2) is 4.28. The summed E-state index contributed by atoms with van der Waals surface area (Å²) in [5.74, 6) is -0.959. The van der Waals surface area contributed by atoms with E-state index in [1.54, 1.807) is 24.3 Å². The summed E-state index contributed by atoms with van der Waals surface area (Å²) < 4.78 is 6.01. The second-order valence-corrected chi connectivity index (χ2v) is 3.53. The first kappa shape index (κ1) is 11.8. The Kier molecular flexibility index (Phi) is 2.80. The van der Waals surface area contributed by atoms with Crippen molar-refractivity contribution in [1.29, 1.82) is 0 Å². The summed E-state index contributed by atoms with van der Waals surface area (Å²) in [6, 6.07) is 6.46. The van der Waals surface area contributed by atoms with Crippen molar-refractivity contribution < 1.29 is 14.6 Å². The molecule has 0 amide bonds. The summed E-state index contributed by atoms with van der Waals surface area (Å²) >= 11 is 0. The van der Waals surface area contributed by atoms with E-state index in [4.69, 9.17) is 15.6 Å². The number of carbonyl (C=O) groups is 1. The zero-order valence-corrected chi connectivity index (χ0v) is 9.51. The standard InChI is InChI=1S/C11H11N3O4/c1-18-7-4-2-3-6(5-7)14-8(10(15)16)9(12)13-11(14)17/h2-5H,12H2,1H3,(H,13,17)(H,15,16). The number of methoxy groups -OCH3 is 1. The fourth-order valence-electron chi connectivity index (χ4n) is 1.66. The summed E-state index contributed by atoms with van der Waals surface area (Å²) in [4.78, 5) is 25.0. The van der Waals surface area contributed by atoms with Gasteiger partial charge in [0, 0.05) is 6.07 Å². The molecule has 0 saturated carbocycles. The highest BCUT2D eigenvalue weighted by Gasteiger charge is 2.19. The van der Waals surface area contributed by atoms with Gasteiger partial charge >= 0.3 is 11.7 Å². The van der Waals surface area contributed by atoms with Gasteiger partial charge in [0.25, 0.3) is 0 Å². The lowest BCUT2D eigenvalue weighted by molar-refractivity contribution is 0.0689. The molecule has 4 N–H and O–H groups in total. The molecule has 18 heavy (non-hydrogen) atoms. The highest BCUT2D eigenvalue weighted by molar-refractivity contribution is 5.91. The fourth-order valence-corrected chi connectivity index (χ4v) is 1.66. The lowest BCUT2D eigenvalue weighted by Gasteiger charge is -2.06. The molecule has 7 heteroatoms. The highest BCUT2D eigenvalue weighted by atomic mass is 16.5. The minimum absolute atomic E-state index is 0.185. The fraction of sp³-hybridized carbons (Fsp3) is 0.0909. The number of nitrogens with two attached hydrogens (primary N) is 1. The van der Waals surface area contributed by atoms with Gasteiger partial charge in [0.15, 0.2) is 5.69 Å². The van der Waals surface area contributed by atoms with Crippen LogP contribution in [-0.2, 0) is 0 Å². The molecular weight excluding hydrogens is 238 g/mol. The van der Waals surface area contributed by atoms with Gasteiger partial charge in [-0.25, -0.2) is 9.59 Å². The minimum atomic E-state index is -1.28. The van der Waals surface area contributed by atoms with E-state index in [9.17, 15) is 9.59 Å². The van der Waals surface area contributed by atoms with Crippen molar-refractivity contribution in [3.05, 3.63) is 40.4 Å². The molecule has 2 rings (SSSR count). The molecule has 7 nitrogen and oxygen atoms in total. The van der Waals surface area contributed by atoms with Crippen LogP contribution in [0.1, 0.15) is 10.5 Å². The summed E-state index contributed by atoms with van der Waals surface area (Å²) in [7, 11) is 1.48. The predicted molar refractivity (Wildman–Crippen MR) is 64.3 cm³/mol. The van der Waals surface area contributed by atoms with Crippen LogP contribution in [0.15, 0.2) is 29.1 Å². The lowest BCUT2D eigenvalue weighted by atomic mass is 10.3. The van der Waals surface area contributed by atoms with Gasteiger partial charge in [-0.15, -0.1) is 0 Å². The summed E-state index contributed by atoms with van der Waals surface area (Å²) in [6.45, 7) is 0. The number of aromatic amines is 1. The van der Waals surface area contributed by atoms with Crippen LogP contribution in [0.25, 0.3) is 5.69 Å². The molecule has 2 aromatic rings. The van der Waals surface area contributed by atoms with Crippen molar-refractivity contribution in [2.24, 2.45) is 0 Å². The molecule has 0 fully saturated rings. The molecule has 0 spiro atoms. The number of carboxylic acids is 1. The van der Waals surface area contributed by atoms with Gasteiger partial charge in [0.05, 0.1) is 12.8 Å². The maximum Gasteiger partial charge on any atom is 0.356 e. The Balaban J connectivity index is 2.70. The van der Waals surface area contributed by atoms with Crippen molar-refractivity contribution in [2.75, 3.05) is 12.8 Å². The Morgan fingerprint density at radius 1 is 1.50 bits per heavy atom. The second-order valence-electron chi connectivity index (χ2n) is 3.53. The number of nitrogens with one attached hydrogen (secondary N) is 1. The van der Waals surface area contributed by atoms with E-state index >= 15 is 0 Å². The van der Waals surface area contributed by atoms with E-state index in [0.717, 1.165) is 4.57 Å². The monoisotopic (exact) mass is 249 g/mol. The predicted octanol–water partition coefficient (Wildman–Crippen LogP) is 0.455. The average Bonchev–Trinajstić information content (AvgIpc) is 2.64. The maximum atomic E-state index is 11.7. The van der Waals surface area contributed by atoms with Crippen LogP contribution in [0.3, 0.4) is 0 Å². The normalized spacial score (nSPS) is 10.3. The summed E-state index contributed by atoms with van der Waals surface area (Å²) in [5, 5.41) is 9.06. The van der Waals surface area contributed by atoms with E-state index in [1.807, 2.05) is 0 Å². The van der Waals surface area contributed by atoms with E-state index in [-0.39, 0.29) is 11.5 Å². The molecule has 0 aliphatic carbocycles. The van der Waals surface area contributed by atoms with Gasteiger partial charge in [-0.1, -0.05) is 6.07 Å². The van der Waals surface area contributed by atoms with Crippen molar-refractivity contribution in [2.45, 2.75) is 0 Å². The zero-order valence-electron chi connectivity index (χ0n) is 9.51. The van der Waals surface area contributed by atoms with E-state index in [2.05, 4.69) is 4.98 Å². The number of anilines is 1. The first-order chi connectivity index (χ1) is 8.54. The van der Waals surface area contributed by atoms with Gasteiger partial charge in [-0.2, -0.15) is 0 Å². The molecule has 0 radical (unpaired) electrons.